The molecule has 0 aliphatic carbocycles. The molecule has 0 fully saturated rings. The van der Waals surface area contributed by atoms with Crippen LogP contribution >= 0.6 is 11.8 Å². The van der Waals surface area contributed by atoms with Gasteiger partial charge in [0.05, 0.1) is 10.9 Å². The Morgan fingerprint density at radius 2 is 1.77 bits per heavy atom. The van der Waals surface area contributed by atoms with Gasteiger partial charge in [0.25, 0.3) is 0 Å². The summed E-state index contributed by atoms with van der Waals surface area (Å²) in [4.78, 5) is 23.7. The van der Waals surface area contributed by atoms with E-state index < -0.39 is 0 Å². The molecule has 0 radical (unpaired) electrons. The Hall–Kier alpha value is -3.00. The summed E-state index contributed by atoms with van der Waals surface area (Å²) in [7, 11) is 0. The summed E-state index contributed by atoms with van der Waals surface area (Å²) >= 11 is 1.30. The monoisotopic (exact) mass is 367 g/mol. The molecular formula is C18H17N5O2S. The highest BCUT2D eigenvalue weighted by atomic mass is 32.2. The average molecular weight is 367 g/mol. The van der Waals surface area contributed by atoms with Gasteiger partial charge in [-0.3, -0.25) is 9.59 Å². The van der Waals surface area contributed by atoms with Crippen LogP contribution < -0.4 is 5.32 Å². The molecule has 0 aliphatic rings. The number of anilines is 1. The van der Waals surface area contributed by atoms with Crippen molar-refractivity contribution in [2.24, 2.45) is 0 Å². The van der Waals surface area contributed by atoms with E-state index >= 15 is 0 Å². The van der Waals surface area contributed by atoms with E-state index in [2.05, 4.69) is 20.8 Å². The summed E-state index contributed by atoms with van der Waals surface area (Å²) in [5, 5.41) is 14.6. The van der Waals surface area contributed by atoms with Crippen molar-refractivity contribution in [3.63, 3.8) is 0 Å². The fraction of sp³-hybridized carbons (Fsp3) is 0.167. The van der Waals surface area contributed by atoms with Gasteiger partial charge in [0, 0.05) is 18.2 Å². The number of nitrogens with zero attached hydrogens (tertiary/aromatic N) is 4. The first-order chi connectivity index (χ1) is 12.5. The van der Waals surface area contributed by atoms with Gasteiger partial charge in [-0.15, -0.1) is 5.10 Å². The molecule has 3 aromatic rings. The van der Waals surface area contributed by atoms with Gasteiger partial charge in [-0.05, 0) is 53.7 Å². The van der Waals surface area contributed by atoms with E-state index in [0.29, 0.717) is 16.4 Å². The lowest BCUT2D eigenvalue weighted by atomic mass is 10.1. The van der Waals surface area contributed by atoms with Crippen molar-refractivity contribution >= 4 is 29.1 Å². The molecule has 2 aromatic carbocycles. The van der Waals surface area contributed by atoms with E-state index in [1.807, 2.05) is 37.3 Å². The first kappa shape index (κ1) is 17.8. The number of amides is 1. The number of hydrogen-bond acceptors (Lipinski definition) is 6. The van der Waals surface area contributed by atoms with Gasteiger partial charge in [-0.1, -0.05) is 30.0 Å². The van der Waals surface area contributed by atoms with Crippen LogP contribution in [0.25, 0.3) is 5.69 Å². The predicted octanol–water partition coefficient (Wildman–Crippen LogP) is 2.98. The Balaban J connectivity index is 1.72. The molecule has 1 N–H and O–H groups in total. The summed E-state index contributed by atoms with van der Waals surface area (Å²) in [6.45, 7) is 3.26. The number of thioether (sulfide) groups is 1. The first-order valence-corrected chi connectivity index (χ1v) is 8.85. The lowest BCUT2D eigenvalue weighted by Crippen LogP contribution is -2.15. The number of carbonyl (C=O) groups is 2. The zero-order valence-corrected chi connectivity index (χ0v) is 15.1. The van der Waals surface area contributed by atoms with Gasteiger partial charge in [-0.25, -0.2) is 0 Å². The topological polar surface area (TPSA) is 89.8 Å². The molecular weight excluding hydrogens is 350 g/mol. The third-order valence-electron chi connectivity index (χ3n) is 3.58. The number of tetrazole rings is 1. The van der Waals surface area contributed by atoms with Crippen LogP contribution in [0.1, 0.15) is 24.2 Å². The normalized spacial score (nSPS) is 11.8. The number of rotatable bonds is 6. The van der Waals surface area contributed by atoms with Crippen molar-refractivity contribution in [3.8, 4) is 5.69 Å². The second-order valence-corrected chi connectivity index (χ2v) is 6.90. The van der Waals surface area contributed by atoms with Gasteiger partial charge in [-0.2, -0.15) is 4.68 Å². The van der Waals surface area contributed by atoms with E-state index in [1.165, 1.54) is 18.7 Å². The minimum atomic E-state index is -0.366. The van der Waals surface area contributed by atoms with Crippen LogP contribution in [0.3, 0.4) is 0 Å². The van der Waals surface area contributed by atoms with E-state index in [-0.39, 0.29) is 16.9 Å². The molecule has 1 atom stereocenters. The van der Waals surface area contributed by atoms with Gasteiger partial charge in [0.15, 0.2) is 5.78 Å². The minimum Gasteiger partial charge on any atom is -0.326 e. The van der Waals surface area contributed by atoms with E-state index in [0.717, 1.165) is 5.69 Å². The molecule has 8 heteroatoms. The van der Waals surface area contributed by atoms with Crippen molar-refractivity contribution in [1.82, 2.24) is 20.2 Å². The van der Waals surface area contributed by atoms with Crippen LogP contribution in [-0.2, 0) is 4.79 Å². The molecule has 7 nitrogen and oxygen atoms in total. The molecule has 0 saturated carbocycles. The quantitative estimate of drug-likeness (QED) is 0.532. The summed E-state index contributed by atoms with van der Waals surface area (Å²) in [6, 6.07) is 16.3. The lowest BCUT2D eigenvalue weighted by Gasteiger charge is -2.11. The number of aromatic nitrogens is 4. The molecule has 132 valence electrons. The maximum atomic E-state index is 12.7. The lowest BCUT2D eigenvalue weighted by molar-refractivity contribution is -0.114. The number of carbonyl (C=O) groups excluding carboxylic acids is 2. The highest BCUT2D eigenvalue weighted by molar-refractivity contribution is 8.00. The number of benzene rings is 2. The third kappa shape index (κ3) is 4.15. The average Bonchev–Trinajstić information content (AvgIpc) is 3.10. The molecule has 0 bridgehead atoms. The largest absolute Gasteiger partial charge is 0.326 e. The SMILES string of the molecule is CC(=O)Nc1ccc(C(=O)C(C)Sc2nnnn2-c2ccccc2)cc1. The number of para-hydroxylation sites is 1. The fourth-order valence-electron chi connectivity index (χ4n) is 2.35. The van der Waals surface area contributed by atoms with Crippen LogP contribution in [0, 0.1) is 0 Å². The molecule has 1 heterocycles. The van der Waals surface area contributed by atoms with E-state index in [9.17, 15) is 9.59 Å². The fourth-order valence-corrected chi connectivity index (χ4v) is 3.24. The van der Waals surface area contributed by atoms with Crippen LogP contribution in [0.2, 0.25) is 0 Å². The molecule has 1 aromatic heterocycles. The Morgan fingerprint density at radius 1 is 1.08 bits per heavy atom. The number of hydrogen-bond donors (Lipinski definition) is 1. The third-order valence-corrected chi connectivity index (χ3v) is 4.62. The van der Waals surface area contributed by atoms with Crippen molar-refractivity contribution in [2.45, 2.75) is 24.3 Å². The molecule has 0 saturated heterocycles. The first-order valence-electron chi connectivity index (χ1n) is 7.97. The van der Waals surface area contributed by atoms with Crippen molar-refractivity contribution in [3.05, 3.63) is 60.2 Å². The van der Waals surface area contributed by atoms with E-state index in [1.54, 1.807) is 28.9 Å². The maximum Gasteiger partial charge on any atom is 0.221 e. The zero-order chi connectivity index (χ0) is 18.5. The van der Waals surface area contributed by atoms with E-state index in [4.69, 9.17) is 0 Å². The van der Waals surface area contributed by atoms with Gasteiger partial charge >= 0.3 is 0 Å². The Labute approximate surface area is 154 Å². The second kappa shape index (κ2) is 7.92. The van der Waals surface area contributed by atoms with Crippen LogP contribution in [-0.4, -0.2) is 37.1 Å². The second-order valence-electron chi connectivity index (χ2n) is 5.59. The van der Waals surface area contributed by atoms with Gasteiger partial charge in [0.2, 0.25) is 11.1 Å². The standard InChI is InChI=1S/C18H17N5O2S/c1-12(17(25)14-8-10-15(11-9-14)19-13(2)24)26-18-20-21-22-23(18)16-6-4-3-5-7-16/h3-12H,1-2H3,(H,19,24). The number of ketones is 1. The Kier molecular flexibility index (Phi) is 5.43. The van der Waals surface area contributed by atoms with Crippen LogP contribution in [0.15, 0.2) is 59.8 Å². The minimum absolute atomic E-state index is 0.0352. The number of Topliss-reactive ketones (excluding diaryl/α,β-unsaturated/α-hetero) is 1. The molecule has 0 aliphatic heterocycles. The van der Waals surface area contributed by atoms with Gasteiger partial charge in [0.1, 0.15) is 0 Å². The highest BCUT2D eigenvalue weighted by Crippen LogP contribution is 2.25. The summed E-state index contributed by atoms with van der Waals surface area (Å²) in [5.41, 5.74) is 2.06. The smallest absolute Gasteiger partial charge is 0.221 e. The molecule has 1 unspecified atom stereocenters. The zero-order valence-electron chi connectivity index (χ0n) is 14.3. The maximum absolute atomic E-state index is 12.7. The van der Waals surface area contributed by atoms with Crippen LogP contribution in [0.5, 0.6) is 0 Å². The van der Waals surface area contributed by atoms with Crippen molar-refractivity contribution in [2.75, 3.05) is 5.32 Å². The molecule has 1 amide bonds. The van der Waals surface area contributed by atoms with Crippen molar-refractivity contribution < 1.29 is 9.59 Å². The summed E-state index contributed by atoms with van der Waals surface area (Å²) in [6.07, 6.45) is 0. The predicted molar refractivity (Wildman–Crippen MR) is 99.5 cm³/mol. The molecule has 0 spiro atoms. The van der Waals surface area contributed by atoms with Crippen LogP contribution in [0.4, 0.5) is 5.69 Å². The molecule has 3 rings (SSSR count). The van der Waals surface area contributed by atoms with Crippen molar-refractivity contribution in [1.29, 1.82) is 0 Å². The summed E-state index contributed by atoms with van der Waals surface area (Å²) < 4.78 is 1.61. The number of nitrogens with one attached hydrogen (secondary N) is 1. The molecule has 26 heavy (non-hydrogen) atoms. The summed E-state index contributed by atoms with van der Waals surface area (Å²) in [5.74, 6) is -0.187. The Bertz CT molecular complexity index is 909. The Morgan fingerprint density at radius 3 is 2.42 bits per heavy atom. The highest BCUT2D eigenvalue weighted by Gasteiger charge is 2.20. The van der Waals surface area contributed by atoms with Gasteiger partial charge < -0.3 is 5.32 Å².